The van der Waals surface area contributed by atoms with Gasteiger partial charge in [0.15, 0.2) is 0 Å². The van der Waals surface area contributed by atoms with Crippen LogP contribution < -0.4 is 5.32 Å². The smallest absolute Gasteiger partial charge is 0.220 e. The molecule has 1 amide bonds. The van der Waals surface area contributed by atoms with E-state index in [2.05, 4.69) is 54.4 Å². The highest BCUT2D eigenvalue weighted by Gasteiger charge is 2.60. The number of rotatable bonds is 7. The fourth-order valence-electron chi connectivity index (χ4n) is 8.20. The van der Waals surface area contributed by atoms with Gasteiger partial charge >= 0.3 is 0 Å². The topological polar surface area (TPSA) is 32.3 Å². The monoisotopic (exact) mass is 422 g/mol. The second-order valence-electron chi connectivity index (χ2n) is 11.4. The van der Waals surface area contributed by atoms with Crippen LogP contribution in [0.3, 0.4) is 0 Å². The minimum absolute atomic E-state index is 0.0693. The molecule has 5 fully saturated rings. The summed E-state index contributed by atoms with van der Waals surface area (Å²) in [4.78, 5) is 15.9. The fraction of sp³-hybridized carbons (Fsp3) is 0.750. The number of hydrogen-bond donors (Lipinski definition) is 1. The van der Waals surface area contributed by atoms with Crippen LogP contribution in [0.15, 0.2) is 30.3 Å². The number of benzene rings is 1. The van der Waals surface area contributed by atoms with E-state index in [9.17, 15) is 4.79 Å². The lowest BCUT2D eigenvalue weighted by atomic mass is 9.41. The van der Waals surface area contributed by atoms with Crippen molar-refractivity contribution in [3.8, 4) is 0 Å². The highest BCUT2D eigenvalue weighted by atomic mass is 16.1. The molecule has 0 aromatic heterocycles. The minimum Gasteiger partial charge on any atom is -0.356 e. The average molecular weight is 423 g/mol. The van der Waals surface area contributed by atoms with Gasteiger partial charge in [0, 0.05) is 31.0 Å². The molecule has 1 aliphatic heterocycles. The van der Waals surface area contributed by atoms with Crippen molar-refractivity contribution >= 4 is 5.91 Å². The quantitative estimate of drug-likeness (QED) is 0.597. The predicted octanol–water partition coefficient (Wildman–Crippen LogP) is 5.40. The van der Waals surface area contributed by atoms with Gasteiger partial charge in [-0.1, -0.05) is 43.7 Å². The van der Waals surface area contributed by atoms with Crippen molar-refractivity contribution in [1.82, 2.24) is 10.2 Å². The van der Waals surface area contributed by atoms with Crippen LogP contribution in [-0.4, -0.2) is 36.5 Å². The Balaban J connectivity index is 1.24. The van der Waals surface area contributed by atoms with Gasteiger partial charge in [0.1, 0.15) is 0 Å². The van der Waals surface area contributed by atoms with Crippen LogP contribution in [0.25, 0.3) is 0 Å². The molecule has 1 aromatic rings. The van der Waals surface area contributed by atoms with E-state index in [0.717, 1.165) is 37.3 Å². The lowest BCUT2D eigenvalue weighted by Gasteiger charge is -2.63. The molecule has 170 valence electrons. The van der Waals surface area contributed by atoms with Gasteiger partial charge in [-0.15, -0.1) is 0 Å². The van der Waals surface area contributed by atoms with E-state index in [1.165, 1.54) is 57.1 Å². The molecule has 31 heavy (non-hydrogen) atoms. The molecule has 1 atom stereocenters. The van der Waals surface area contributed by atoms with Crippen LogP contribution in [0.1, 0.15) is 77.2 Å². The fourth-order valence-corrected chi connectivity index (χ4v) is 8.20. The molecule has 3 nitrogen and oxygen atoms in total. The molecular formula is C28H42N2O. The molecule has 4 aliphatic carbocycles. The van der Waals surface area contributed by atoms with Gasteiger partial charge in [0.2, 0.25) is 5.91 Å². The Morgan fingerprint density at radius 2 is 1.71 bits per heavy atom. The SMILES string of the molecule is CC1C2CC3CC1CC(C2)C3(CC(=O)NCCCN1CCCCC1C)c1ccccc1. The first-order chi connectivity index (χ1) is 15.1. The summed E-state index contributed by atoms with van der Waals surface area (Å²) in [5.74, 6) is 4.35. The molecule has 1 aromatic carbocycles. The van der Waals surface area contributed by atoms with Gasteiger partial charge in [-0.3, -0.25) is 4.79 Å². The maximum absolute atomic E-state index is 13.3. The maximum atomic E-state index is 13.3. The van der Waals surface area contributed by atoms with Crippen molar-refractivity contribution in [3.63, 3.8) is 0 Å². The Morgan fingerprint density at radius 3 is 2.35 bits per heavy atom. The van der Waals surface area contributed by atoms with Crippen LogP contribution in [0.4, 0.5) is 0 Å². The van der Waals surface area contributed by atoms with E-state index < -0.39 is 0 Å². The van der Waals surface area contributed by atoms with Crippen molar-refractivity contribution in [2.24, 2.45) is 29.6 Å². The second kappa shape index (κ2) is 8.89. The minimum atomic E-state index is 0.0693. The van der Waals surface area contributed by atoms with Gasteiger partial charge in [0.25, 0.3) is 0 Å². The third-order valence-electron chi connectivity index (χ3n) is 9.94. The Bertz CT molecular complexity index is 730. The number of carbonyl (C=O) groups is 1. The lowest BCUT2D eigenvalue weighted by molar-refractivity contribution is -0.133. The Hall–Kier alpha value is -1.35. The molecule has 0 spiro atoms. The molecule has 3 heteroatoms. The van der Waals surface area contributed by atoms with Gasteiger partial charge in [-0.2, -0.15) is 0 Å². The summed E-state index contributed by atoms with van der Waals surface area (Å²) < 4.78 is 0. The molecule has 4 saturated carbocycles. The molecule has 1 N–H and O–H groups in total. The van der Waals surface area contributed by atoms with E-state index >= 15 is 0 Å². The van der Waals surface area contributed by atoms with Crippen LogP contribution >= 0.6 is 0 Å². The van der Waals surface area contributed by atoms with E-state index in [1.54, 1.807) is 0 Å². The van der Waals surface area contributed by atoms with E-state index in [0.29, 0.717) is 24.3 Å². The zero-order valence-electron chi connectivity index (χ0n) is 19.7. The molecule has 5 aliphatic rings. The number of piperidine rings is 1. The summed E-state index contributed by atoms with van der Waals surface area (Å²) in [6.07, 6.45) is 11.1. The standard InChI is InChI=1S/C28H42N2O/c1-20-9-6-7-13-30(20)14-8-12-29-27(31)19-28(24-10-4-3-5-11-24)25-15-22-16-26(28)18-23(17-25)21(22)2/h3-5,10-11,20-23,25-26H,6-9,12-19H2,1-2H3,(H,29,31). The first-order valence-electron chi connectivity index (χ1n) is 13.1. The summed E-state index contributed by atoms with van der Waals surface area (Å²) in [6.45, 7) is 8.03. The highest BCUT2D eigenvalue weighted by Crippen LogP contribution is 2.65. The number of likely N-dealkylation sites (tertiary alicyclic amines) is 1. The molecule has 1 unspecified atom stereocenters. The molecule has 0 radical (unpaired) electrons. The van der Waals surface area contributed by atoms with Crippen molar-refractivity contribution in [1.29, 1.82) is 0 Å². The molecule has 1 heterocycles. The van der Waals surface area contributed by atoms with Crippen LogP contribution in [0.5, 0.6) is 0 Å². The number of hydrogen-bond acceptors (Lipinski definition) is 2. The van der Waals surface area contributed by atoms with Crippen molar-refractivity contribution in [3.05, 3.63) is 35.9 Å². The summed E-state index contributed by atoms with van der Waals surface area (Å²) in [5, 5.41) is 3.33. The van der Waals surface area contributed by atoms with Crippen molar-refractivity contribution < 1.29 is 4.79 Å². The molecular weight excluding hydrogens is 380 g/mol. The van der Waals surface area contributed by atoms with Crippen LogP contribution in [0.2, 0.25) is 0 Å². The lowest BCUT2D eigenvalue weighted by Crippen LogP contribution is -2.59. The Labute approximate surface area is 189 Å². The highest BCUT2D eigenvalue weighted by molar-refractivity contribution is 5.78. The van der Waals surface area contributed by atoms with Crippen LogP contribution in [-0.2, 0) is 10.2 Å². The zero-order chi connectivity index (χ0) is 21.4. The first-order valence-corrected chi connectivity index (χ1v) is 13.1. The van der Waals surface area contributed by atoms with Gasteiger partial charge in [-0.05, 0) is 93.6 Å². The second-order valence-corrected chi connectivity index (χ2v) is 11.4. The normalized spacial score (nSPS) is 39.5. The summed E-state index contributed by atoms with van der Waals surface area (Å²) >= 11 is 0. The Kier molecular flexibility index (Phi) is 6.16. The van der Waals surface area contributed by atoms with Gasteiger partial charge in [0.05, 0.1) is 0 Å². The first kappa shape index (κ1) is 21.5. The third kappa shape index (κ3) is 3.96. The third-order valence-corrected chi connectivity index (χ3v) is 9.94. The summed E-state index contributed by atoms with van der Waals surface area (Å²) in [6, 6.07) is 11.8. The average Bonchev–Trinajstić information content (AvgIpc) is 2.77. The van der Waals surface area contributed by atoms with E-state index in [-0.39, 0.29) is 11.3 Å². The zero-order valence-corrected chi connectivity index (χ0v) is 19.7. The Morgan fingerprint density at radius 1 is 1.03 bits per heavy atom. The van der Waals surface area contributed by atoms with Crippen LogP contribution in [0, 0.1) is 29.6 Å². The maximum Gasteiger partial charge on any atom is 0.220 e. The number of nitrogens with zero attached hydrogens (tertiary/aromatic N) is 1. The van der Waals surface area contributed by atoms with E-state index in [4.69, 9.17) is 0 Å². The number of amides is 1. The van der Waals surface area contributed by atoms with Crippen molar-refractivity contribution in [2.45, 2.75) is 83.1 Å². The largest absolute Gasteiger partial charge is 0.356 e. The van der Waals surface area contributed by atoms with E-state index in [1.807, 2.05) is 0 Å². The molecule has 4 bridgehead atoms. The molecule has 1 saturated heterocycles. The van der Waals surface area contributed by atoms with Gasteiger partial charge in [-0.25, -0.2) is 0 Å². The van der Waals surface area contributed by atoms with Gasteiger partial charge < -0.3 is 10.2 Å². The predicted molar refractivity (Wildman–Crippen MR) is 127 cm³/mol. The molecule has 6 rings (SSSR count). The number of nitrogens with one attached hydrogen (secondary N) is 1. The number of carbonyl (C=O) groups excluding carboxylic acids is 1. The summed E-state index contributed by atoms with van der Waals surface area (Å²) in [5.41, 5.74) is 1.51. The summed E-state index contributed by atoms with van der Waals surface area (Å²) in [7, 11) is 0. The van der Waals surface area contributed by atoms with Crippen molar-refractivity contribution in [2.75, 3.05) is 19.6 Å².